The van der Waals surface area contributed by atoms with Gasteiger partial charge in [-0.3, -0.25) is 10.1 Å². The van der Waals surface area contributed by atoms with Gasteiger partial charge in [-0.1, -0.05) is 6.92 Å². The maximum atomic E-state index is 11.9. The molecule has 0 aliphatic rings. The van der Waals surface area contributed by atoms with Crippen LogP contribution in [0.25, 0.3) is 0 Å². The summed E-state index contributed by atoms with van der Waals surface area (Å²) in [4.78, 5) is 18.7. The predicted octanol–water partition coefficient (Wildman–Crippen LogP) is 1.87. The molecule has 0 bridgehead atoms. The molecule has 0 fully saturated rings. The lowest BCUT2D eigenvalue weighted by Gasteiger charge is -2.06. The predicted molar refractivity (Wildman–Crippen MR) is 61.3 cm³/mol. The van der Waals surface area contributed by atoms with E-state index in [9.17, 15) is 4.79 Å². The fourth-order valence-electron chi connectivity index (χ4n) is 1.56. The van der Waals surface area contributed by atoms with Gasteiger partial charge in [0.15, 0.2) is 0 Å². The molecule has 2 heterocycles. The first-order chi connectivity index (χ1) is 7.81. The Morgan fingerprint density at radius 2 is 2.50 bits per heavy atom. The summed E-state index contributed by atoms with van der Waals surface area (Å²) in [5.74, 6) is 0.322. The molecule has 0 spiro atoms. The fourth-order valence-corrected chi connectivity index (χ4v) is 1.56. The number of nitrogens with one attached hydrogen (secondary N) is 2. The number of amides is 1. The van der Waals surface area contributed by atoms with Crippen LogP contribution in [0.3, 0.4) is 0 Å². The summed E-state index contributed by atoms with van der Waals surface area (Å²) >= 11 is 0. The monoisotopic (exact) mass is 218 g/mol. The second-order valence-electron chi connectivity index (χ2n) is 3.48. The van der Waals surface area contributed by atoms with Gasteiger partial charge in [-0.15, -0.1) is 0 Å². The number of carbonyl (C=O) groups is 1. The van der Waals surface area contributed by atoms with Crippen LogP contribution in [0.15, 0.2) is 30.7 Å². The molecule has 0 saturated heterocycles. The molecule has 16 heavy (non-hydrogen) atoms. The Labute approximate surface area is 93.5 Å². The van der Waals surface area contributed by atoms with Crippen LogP contribution in [0.5, 0.6) is 0 Å². The van der Waals surface area contributed by atoms with Crippen molar-refractivity contribution < 1.29 is 4.79 Å². The highest BCUT2D eigenvalue weighted by molar-refractivity contribution is 6.02. The number of imidazole rings is 1. The van der Waals surface area contributed by atoms with E-state index in [-0.39, 0.29) is 5.91 Å². The van der Waals surface area contributed by atoms with Crippen LogP contribution in [-0.4, -0.2) is 20.4 Å². The zero-order valence-electron chi connectivity index (χ0n) is 9.10. The molecular weight excluding hydrogens is 204 g/mol. The molecule has 2 N–H and O–H groups in total. The van der Waals surface area contributed by atoms with Gasteiger partial charge >= 0.3 is 0 Å². The summed E-state index contributed by atoms with van der Waals surface area (Å²) in [5.41, 5.74) is 0.651. The van der Waals surface area contributed by atoms with E-state index in [1.165, 1.54) is 0 Å². The number of rotatable bonds is 4. The van der Waals surface area contributed by atoms with Crippen LogP contribution >= 0.6 is 0 Å². The number of carbonyl (C=O) groups excluding carboxylic acids is 1. The first-order valence-corrected chi connectivity index (χ1v) is 5.27. The van der Waals surface area contributed by atoms with Crippen molar-refractivity contribution in [3.05, 3.63) is 36.4 Å². The first-order valence-electron chi connectivity index (χ1n) is 5.27. The number of hydrogen-bond acceptors (Lipinski definition) is 2. The van der Waals surface area contributed by atoms with Crippen LogP contribution in [0.1, 0.15) is 23.8 Å². The number of aromatic nitrogens is 3. The molecule has 0 saturated carbocycles. The number of H-pyrrole nitrogens is 1. The molecule has 5 nitrogen and oxygen atoms in total. The summed E-state index contributed by atoms with van der Waals surface area (Å²) in [7, 11) is 0. The Bertz CT molecular complexity index is 458. The number of anilines is 1. The van der Waals surface area contributed by atoms with Crippen LogP contribution in [-0.2, 0) is 6.54 Å². The summed E-state index contributed by atoms with van der Waals surface area (Å²) in [6, 6.07) is 3.67. The molecule has 0 atom stereocenters. The Morgan fingerprint density at radius 3 is 3.19 bits per heavy atom. The highest BCUT2D eigenvalue weighted by atomic mass is 16.2. The van der Waals surface area contributed by atoms with E-state index in [0.717, 1.165) is 13.0 Å². The van der Waals surface area contributed by atoms with Gasteiger partial charge in [0.25, 0.3) is 5.91 Å². The molecule has 0 radical (unpaired) electrons. The number of nitrogens with zero attached hydrogens (tertiary/aromatic N) is 2. The SMILES string of the molecule is CCCn1cccc1C(=O)Nc1ncc[nH]1. The molecule has 0 aliphatic heterocycles. The first kappa shape index (κ1) is 10.5. The maximum absolute atomic E-state index is 11.9. The molecule has 2 rings (SSSR count). The second-order valence-corrected chi connectivity index (χ2v) is 3.48. The smallest absolute Gasteiger partial charge is 0.274 e. The van der Waals surface area contributed by atoms with E-state index in [1.807, 2.05) is 16.8 Å². The minimum atomic E-state index is -0.145. The van der Waals surface area contributed by atoms with Gasteiger partial charge in [0.05, 0.1) is 0 Å². The molecule has 0 aromatic carbocycles. The highest BCUT2D eigenvalue weighted by Gasteiger charge is 2.11. The van der Waals surface area contributed by atoms with E-state index in [4.69, 9.17) is 0 Å². The van der Waals surface area contributed by atoms with Crippen LogP contribution < -0.4 is 5.32 Å². The number of aromatic amines is 1. The van der Waals surface area contributed by atoms with Crippen molar-refractivity contribution >= 4 is 11.9 Å². The van der Waals surface area contributed by atoms with E-state index in [1.54, 1.807) is 18.5 Å². The molecule has 1 amide bonds. The average molecular weight is 218 g/mol. The number of hydrogen-bond donors (Lipinski definition) is 2. The van der Waals surface area contributed by atoms with Crippen molar-refractivity contribution in [2.75, 3.05) is 5.32 Å². The van der Waals surface area contributed by atoms with E-state index < -0.39 is 0 Å². The third-order valence-corrected chi connectivity index (χ3v) is 2.26. The Morgan fingerprint density at radius 1 is 1.62 bits per heavy atom. The lowest BCUT2D eigenvalue weighted by atomic mass is 10.4. The molecular formula is C11H14N4O. The van der Waals surface area contributed by atoms with Crippen molar-refractivity contribution in [1.29, 1.82) is 0 Å². The lowest BCUT2D eigenvalue weighted by molar-refractivity contribution is 0.101. The van der Waals surface area contributed by atoms with Gasteiger partial charge in [0.1, 0.15) is 5.69 Å². The Balaban J connectivity index is 2.11. The Kier molecular flexibility index (Phi) is 3.05. The minimum absolute atomic E-state index is 0.145. The van der Waals surface area contributed by atoms with Crippen LogP contribution in [0.2, 0.25) is 0 Å². The highest BCUT2D eigenvalue weighted by Crippen LogP contribution is 2.06. The summed E-state index contributed by atoms with van der Waals surface area (Å²) < 4.78 is 1.93. The van der Waals surface area contributed by atoms with Gasteiger partial charge in [0.2, 0.25) is 5.95 Å². The second kappa shape index (κ2) is 4.65. The standard InChI is InChI=1S/C11H14N4O/c1-2-7-15-8-3-4-9(15)10(16)14-11-12-5-6-13-11/h3-6,8H,2,7H2,1H3,(H2,12,13,14,16). The van der Waals surface area contributed by atoms with E-state index in [0.29, 0.717) is 11.6 Å². The van der Waals surface area contributed by atoms with Gasteiger partial charge in [-0.2, -0.15) is 0 Å². The maximum Gasteiger partial charge on any atom is 0.274 e. The largest absolute Gasteiger partial charge is 0.344 e. The Hall–Kier alpha value is -2.04. The van der Waals surface area contributed by atoms with E-state index >= 15 is 0 Å². The molecule has 0 aliphatic carbocycles. The lowest BCUT2D eigenvalue weighted by Crippen LogP contribution is -2.17. The van der Waals surface area contributed by atoms with Gasteiger partial charge in [-0.25, -0.2) is 4.98 Å². The van der Waals surface area contributed by atoms with E-state index in [2.05, 4.69) is 22.2 Å². The zero-order valence-corrected chi connectivity index (χ0v) is 9.10. The van der Waals surface area contributed by atoms with Crippen molar-refractivity contribution in [2.24, 2.45) is 0 Å². The quantitative estimate of drug-likeness (QED) is 0.822. The third-order valence-electron chi connectivity index (χ3n) is 2.26. The third kappa shape index (κ3) is 2.13. The molecule has 0 unspecified atom stereocenters. The van der Waals surface area contributed by atoms with Crippen LogP contribution in [0.4, 0.5) is 5.95 Å². The zero-order chi connectivity index (χ0) is 11.4. The number of aryl methyl sites for hydroxylation is 1. The van der Waals surface area contributed by atoms with Crippen molar-refractivity contribution in [2.45, 2.75) is 19.9 Å². The van der Waals surface area contributed by atoms with Gasteiger partial charge in [0, 0.05) is 25.1 Å². The summed E-state index contributed by atoms with van der Waals surface area (Å²) in [6.07, 6.45) is 6.16. The minimum Gasteiger partial charge on any atom is -0.344 e. The molecule has 5 heteroatoms. The molecule has 2 aromatic rings. The molecule has 84 valence electrons. The normalized spacial score (nSPS) is 10.3. The van der Waals surface area contributed by atoms with Crippen molar-refractivity contribution in [1.82, 2.24) is 14.5 Å². The van der Waals surface area contributed by atoms with Crippen LogP contribution in [0, 0.1) is 0 Å². The summed E-state index contributed by atoms with van der Waals surface area (Å²) in [6.45, 7) is 2.92. The average Bonchev–Trinajstić information content (AvgIpc) is 2.89. The van der Waals surface area contributed by atoms with Gasteiger partial charge < -0.3 is 9.55 Å². The van der Waals surface area contributed by atoms with Crippen molar-refractivity contribution in [3.8, 4) is 0 Å². The van der Waals surface area contributed by atoms with Gasteiger partial charge in [-0.05, 0) is 18.6 Å². The summed E-state index contributed by atoms with van der Waals surface area (Å²) in [5, 5.41) is 2.70. The topological polar surface area (TPSA) is 62.7 Å². The fraction of sp³-hybridized carbons (Fsp3) is 0.273. The van der Waals surface area contributed by atoms with Crippen molar-refractivity contribution in [3.63, 3.8) is 0 Å². The molecule has 2 aromatic heterocycles.